The van der Waals surface area contributed by atoms with Crippen LogP contribution in [0.15, 0.2) is 23.0 Å². The molecule has 2 aromatic heterocycles. The lowest BCUT2D eigenvalue weighted by Crippen LogP contribution is -2.23. The van der Waals surface area contributed by atoms with Gasteiger partial charge in [0, 0.05) is 19.2 Å². The fraction of sp³-hybridized carbons (Fsp3) is 0.333. The smallest absolute Gasteiger partial charge is 0.272 e. The highest BCUT2D eigenvalue weighted by molar-refractivity contribution is 6.06. The molecule has 0 radical (unpaired) electrons. The zero-order chi connectivity index (χ0) is 18.3. The number of hydrogen-bond donors (Lipinski definition) is 1. The van der Waals surface area contributed by atoms with Crippen LogP contribution in [0.5, 0.6) is 0 Å². The summed E-state index contributed by atoms with van der Waals surface area (Å²) in [5.41, 5.74) is 4.54. The Balaban J connectivity index is 2.03. The monoisotopic (exact) mass is 339 g/mol. The van der Waals surface area contributed by atoms with Crippen LogP contribution in [0.2, 0.25) is 0 Å². The Labute approximate surface area is 145 Å². The van der Waals surface area contributed by atoms with Crippen LogP contribution in [0.3, 0.4) is 0 Å². The molecule has 3 aromatic rings. The van der Waals surface area contributed by atoms with E-state index in [1.54, 1.807) is 34.4 Å². The van der Waals surface area contributed by atoms with Crippen LogP contribution < -0.4 is 10.9 Å². The van der Waals surface area contributed by atoms with Crippen LogP contribution in [0.25, 0.3) is 11.0 Å². The second-order valence-electron chi connectivity index (χ2n) is 6.07. The summed E-state index contributed by atoms with van der Waals surface area (Å²) >= 11 is 0. The Hall–Kier alpha value is -2.96. The molecule has 7 heteroatoms. The van der Waals surface area contributed by atoms with E-state index in [-0.39, 0.29) is 11.5 Å². The number of nitrogens with one attached hydrogen (secondary N) is 1. The number of carbonyl (C=O) groups excluding carboxylic acids is 1. The fourth-order valence-electron chi connectivity index (χ4n) is 2.97. The molecule has 1 amide bonds. The average molecular weight is 339 g/mol. The number of amides is 1. The highest BCUT2D eigenvalue weighted by atomic mass is 16.1. The lowest BCUT2D eigenvalue weighted by molar-refractivity contribution is 0.102. The van der Waals surface area contributed by atoms with Gasteiger partial charge in [0.1, 0.15) is 5.69 Å². The molecule has 0 atom stereocenters. The predicted octanol–water partition coefficient (Wildman–Crippen LogP) is 2.33. The summed E-state index contributed by atoms with van der Waals surface area (Å²) in [7, 11) is 1.84. The number of rotatable bonds is 3. The van der Waals surface area contributed by atoms with E-state index in [0.29, 0.717) is 23.3 Å². The molecular weight excluding hydrogens is 318 g/mol. The lowest BCUT2D eigenvalue weighted by Gasteiger charge is -2.10. The number of hydrogen-bond acceptors (Lipinski definition) is 4. The lowest BCUT2D eigenvalue weighted by atomic mass is 10.1. The summed E-state index contributed by atoms with van der Waals surface area (Å²) in [6.45, 7) is 7.91. The summed E-state index contributed by atoms with van der Waals surface area (Å²) in [4.78, 5) is 29.1. The molecule has 0 saturated heterocycles. The molecule has 2 heterocycles. The SMILES string of the molecule is CCn1c(=O)c(C)nc2cc(C(=O)Nc3c(C)nn(C)c3C)ccc21. The van der Waals surface area contributed by atoms with E-state index >= 15 is 0 Å². The van der Waals surface area contributed by atoms with E-state index in [1.165, 1.54) is 0 Å². The minimum atomic E-state index is -0.227. The van der Waals surface area contributed by atoms with Crippen molar-refractivity contribution in [3.63, 3.8) is 0 Å². The Kier molecular flexibility index (Phi) is 4.16. The molecule has 0 fully saturated rings. The summed E-state index contributed by atoms with van der Waals surface area (Å²) in [6, 6.07) is 5.19. The second kappa shape index (κ2) is 6.16. The van der Waals surface area contributed by atoms with Gasteiger partial charge in [-0.05, 0) is 45.9 Å². The summed E-state index contributed by atoms with van der Waals surface area (Å²) in [6.07, 6.45) is 0. The topological polar surface area (TPSA) is 81.8 Å². The maximum atomic E-state index is 12.6. The second-order valence-corrected chi connectivity index (χ2v) is 6.07. The van der Waals surface area contributed by atoms with E-state index in [1.807, 2.05) is 27.8 Å². The molecule has 0 bridgehead atoms. The van der Waals surface area contributed by atoms with Gasteiger partial charge in [-0.15, -0.1) is 0 Å². The van der Waals surface area contributed by atoms with E-state index in [9.17, 15) is 9.59 Å². The van der Waals surface area contributed by atoms with E-state index < -0.39 is 0 Å². The van der Waals surface area contributed by atoms with Gasteiger partial charge in [-0.25, -0.2) is 4.98 Å². The van der Waals surface area contributed by atoms with Crippen molar-refractivity contribution >= 4 is 22.6 Å². The minimum absolute atomic E-state index is 0.103. The van der Waals surface area contributed by atoms with Gasteiger partial charge in [-0.3, -0.25) is 14.3 Å². The van der Waals surface area contributed by atoms with Gasteiger partial charge in [0.05, 0.1) is 28.1 Å². The van der Waals surface area contributed by atoms with Crippen LogP contribution in [-0.2, 0) is 13.6 Å². The average Bonchev–Trinajstić information content (AvgIpc) is 2.82. The van der Waals surface area contributed by atoms with E-state index in [2.05, 4.69) is 15.4 Å². The van der Waals surface area contributed by atoms with Crippen molar-refractivity contribution in [2.45, 2.75) is 34.2 Å². The van der Waals surface area contributed by atoms with Crippen LogP contribution >= 0.6 is 0 Å². The van der Waals surface area contributed by atoms with Crippen molar-refractivity contribution in [1.82, 2.24) is 19.3 Å². The Bertz CT molecular complexity index is 1050. The molecule has 7 nitrogen and oxygen atoms in total. The standard InChI is InChI=1S/C18H21N5O2/c1-6-23-15-8-7-13(9-14(15)19-11(3)18(23)25)17(24)20-16-10(2)21-22(5)12(16)4/h7-9H,6H2,1-5H3,(H,20,24). The fourth-order valence-corrected chi connectivity index (χ4v) is 2.97. The normalized spacial score (nSPS) is 11.1. The highest BCUT2D eigenvalue weighted by Gasteiger charge is 2.15. The molecule has 130 valence electrons. The molecule has 0 spiro atoms. The van der Waals surface area contributed by atoms with Gasteiger partial charge < -0.3 is 9.88 Å². The first kappa shape index (κ1) is 16.9. The van der Waals surface area contributed by atoms with Crippen molar-refractivity contribution < 1.29 is 4.79 Å². The number of aryl methyl sites for hydroxylation is 4. The molecule has 0 unspecified atom stereocenters. The number of aromatic nitrogens is 4. The first-order valence-electron chi connectivity index (χ1n) is 8.16. The minimum Gasteiger partial charge on any atom is -0.319 e. The van der Waals surface area contributed by atoms with Gasteiger partial charge >= 0.3 is 0 Å². The number of fused-ring (bicyclic) bond motifs is 1. The van der Waals surface area contributed by atoms with Gasteiger partial charge in [0.2, 0.25) is 0 Å². The Morgan fingerprint density at radius 3 is 2.52 bits per heavy atom. The third-order valence-corrected chi connectivity index (χ3v) is 4.43. The molecule has 0 aliphatic heterocycles. The molecule has 0 saturated carbocycles. The Morgan fingerprint density at radius 1 is 1.20 bits per heavy atom. The molecule has 25 heavy (non-hydrogen) atoms. The van der Waals surface area contributed by atoms with Crippen molar-refractivity contribution in [2.24, 2.45) is 7.05 Å². The van der Waals surface area contributed by atoms with Crippen molar-refractivity contribution in [3.8, 4) is 0 Å². The molecule has 1 N–H and O–H groups in total. The number of anilines is 1. The maximum Gasteiger partial charge on any atom is 0.272 e. The summed E-state index contributed by atoms with van der Waals surface area (Å²) in [5.74, 6) is -0.227. The zero-order valence-electron chi connectivity index (χ0n) is 15.0. The zero-order valence-corrected chi connectivity index (χ0v) is 15.0. The first-order chi connectivity index (χ1) is 11.8. The molecule has 3 rings (SSSR count). The predicted molar refractivity (Wildman–Crippen MR) is 97.0 cm³/mol. The molecular formula is C18H21N5O2. The van der Waals surface area contributed by atoms with Gasteiger partial charge in [0.15, 0.2) is 0 Å². The summed E-state index contributed by atoms with van der Waals surface area (Å²) in [5, 5.41) is 7.22. The van der Waals surface area contributed by atoms with E-state index in [0.717, 1.165) is 22.6 Å². The molecule has 0 aliphatic rings. The maximum absolute atomic E-state index is 12.6. The number of carbonyl (C=O) groups is 1. The van der Waals surface area contributed by atoms with Crippen LogP contribution in [0, 0.1) is 20.8 Å². The summed E-state index contributed by atoms with van der Waals surface area (Å²) < 4.78 is 3.39. The van der Waals surface area contributed by atoms with Crippen molar-refractivity contribution in [3.05, 3.63) is 51.2 Å². The molecule has 1 aromatic carbocycles. The molecule has 0 aliphatic carbocycles. The van der Waals surface area contributed by atoms with E-state index in [4.69, 9.17) is 0 Å². The quantitative estimate of drug-likeness (QED) is 0.794. The third-order valence-electron chi connectivity index (χ3n) is 4.43. The van der Waals surface area contributed by atoms with Crippen molar-refractivity contribution in [1.29, 1.82) is 0 Å². The largest absolute Gasteiger partial charge is 0.319 e. The van der Waals surface area contributed by atoms with Gasteiger partial charge in [0.25, 0.3) is 11.5 Å². The van der Waals surface area contributed by atoms with Crippen LogP contribution in [0.4, 0.5) is 5.69 Å². The number of nitrogens with zero attached hydrogens (tertiary/aromatic N) is 4. The highest BCUT2D eigenvalue weighted by Crippen LogP contribution is 2.20. The number of benzene rings is 1. The van der Waals surface area contributed by atoms with Crippen molar-refractivity contribution in [2.75, 3.05) is 5.32 Å². The first-order valence-corrected chi connectivity index (χ1v) is 8.16. The van der Waals surface area contributed by atoms with Gasteiger partial charge in [-0.1, -0.05) is 0 Å². The van der Waals surface area contributed by atoms with Crippen LogP contribution in [-0.4, -0.2) is 25.2 Å². The van der Waals surface area contributed by atoms with Crippen LogP contribution in [0.1, 0.15) is 34.4 Å². The third kappa shape index (κ3) is 2.82. The van der Waals surface area contributed by atoms with Gasteiger partial charge in [-0.2, -0.15) is 5.10 Å². The Morgan fingerprint density at radius 2 is 1.92 bits per heavy atom.